The number of pyridine rings is 2. The zero-order valence-electron chi connectivity index (χ0n) is 33.1. The van der Waals surface area contributed by atoms with E-state index in [0.29, 0.717) is 22.8 Å². The number of hydrogen-bond acceptors (Lipinski definition) is 8. The highest BCUT2D eigenvalue weighted by molar-refractivity contribution is 6.00. The van der Waals surface area contributed by atoms with Crippen molar-refractivity contribution < 1.29 is 9.88 Å². The maximum Gasteiger partial charge on any atom is 0.258 e. The van der Waals surface area contributed by atoms with E-state index < -0.39 is 0 Å². The molecular formula is C46H54N10+2. The van der Waals surface area contributed by atoms with E-state index in [4.69, 9.17) is 31.4 Å². The molecule has 3 aromatic carbocycles. The number of nitrogens with two attached hydrogens (primary N) is 3. The Balaban J connectivity index is 0.863. The maximum absolute atomic E-state index is 6.32. The third-order valence-electron chi connectivity index (χ3n) is 10.4. The Bertz CT molecular complexity index is 2440. The van der Waals surface area contributed by atoms with Crippen LogP contribution in [0.3, 0.4) is 0 Å². The van der Waals surface area contributed by atoms with Gasteiger partial charge in [0.05, 0.1) is 22.8 Å². The fourth-order valence-corrected chi connectivity index (χ4v) is 7.22. The van der Waals surface area contributed by atoms with Crippen LogP contribution in [0.4, 0.5) is 34.3 Å². The Hall–Kier alpha value is -6.13. The molecule has 0 aliphatic heterocycles. The van der Waals surface area contributed by atoms with Crippen molar-refractivity contribution in [3.8, 4) is 5.69 Å². The summed E-state index contributed by atoms with van der Waals surface area (Å²) in [5.74, 6) is 0.700. The first-order valence-electron chi connectivity index (χ1n) is 19.8. The lowest BCUT2D eigenvalue weighted by Gasteiger charge is -2.16. The molecule has 3 heterocycles. The average Bonchev–Trinajstić information content (AvgIpc) is 3.19. The van der Waals surface area contributed by atoms with Crippen molar-refractivity contribution in [1.82, 2.24) is 20.3 Å². The van der Waals surface area contributed by atoms with E-state index in [2.05, 4.69) is 95.0 Å². The van der Waals surface area contributed by atoms with Gasteiger partial charge in [0.25, 0.3) is 5.52 Å². The first-order chi connectivity index (χ1) is 27.2. The van der Waals surface area contributed by atoms with Gasteiger partial charge in [-0.2, -0.15) is 0 Å². The molecular weight excluding hydrogens is 693 g/mol. The van der Waals surface area contributed by atoms with Crippen molar-refractivity contribution in [2.45, 2.75) is 72.6 Å². The van der Waals surface area contributed by atoms with Gasteiger partial charge in [0, 0.05) is 66.9 Å². The molecule has 6 aromatic rings. The number of unbranched alkanes of at least 4 members (excludes halogenated alkanes) is 5. The summed E-state index contributed by atoms with van der Waals surface area (Å²) < 4.78 is 2.22. The SMILES string of the molecule is CC1=C/C(=N/c2nc(C)c(N)cc2[NH2+]c2ccccc2)CC=C1NCCCCCCCCNc1cc2c(cc1C)nc1nc(C)c(N)cc1[n+]2-c1ccccc1. The van der Waals surface area contributed by atoms with Gasteiger partial charge in [-0.05, 0) is 75.9 Å². The van der Waals surface area contributed by atoms with E-state index in [1.807, 2.05) is 50.2 Å². The first kappa shape index (κ1) is 38.2. The fourth-order valence-electron chi connectivity index (χ4n) is 7.22. The lowest BCUT2D eigenvalue weighted by Crippen LogP contribution is -2.71. The Morgan fingerprint density at radius 3 is 2.11 bits per heavy atom. The topological polar surface area (TPSA) is 148 Å². The number of aryl methyl sites for hydroxylation is 3. The quantitative estimate of drug-likeness (QED) is 0.0307. The van der Waals surface area contributed by atoms with Gasteiger partial charge < -0.3 is 22.1 Å². The number of hydrogen-bond donors (Lipinski definition) is 5. The predicted molar refractivity (Wildman–Crippen MR) is 231 cm³/mol. The van der Waals surface area contributed by atoms with Crippen LogP contribution in [0.1, 0.15) is 68.8 Å². The maximum atomic E-state index is 6.32. The molecule has 10 nitrogen and oxygen atoms in total. The highest BCUT2D eigenvalue weighted by Gasteiger charge is 2.23. The lowest BCUT2D eigenvalue weighted by molar-refractivity contribution is -0.538. The molecule has 0 spiro atoms. The molecule has 3 aromatic heterocycles. The molecule has 0 radical (unpaired) electrons. The van der Waals surface area contributed by atoms with Gasteiger partial charge in [-0.1, -0.05) is 68.2 Å². The van der Waals surface area contributed by atoms with Gasteiger partial charge >= 0.3 is 0 Å². The first-order valence-corrected chi connectivity index (χ1v) is 19.8. The number of anilines is 3. The number of para-hydroxylation sites is 2. The van der Waals surface area contributed by atoms with Crippen LogP contribution in [-0.2, 0) is 0 Å². The van der Waals surface area contributed by atoms with E-state index in [9.17, 15) is 0 Å². The van der Waals surface area contributed by atoms with Gasteiger partial charge in [0.2, 0.25) is 22.7 Å². The summed E-state index contributed by atoms with van der Waals surface area (Å²) in [6.07, 6.45) is 12.4. The van der Waals surface area contributed by atoms with Crippen LogP contribution in [-0.4, -0.2) is 33.8 Å². The number of nitrogens with zero attached hydrogens (tertiary/aromatic N) is 5. The summed E-state index contributed by atoms with van der Waals surface area (Å²) in [4.78, 5) is 19.4. The van der Waals surface area contributed by atoms with Gasteiger partial charge in [0.1, 0.15) is 11.2 Å². The molecule has 0 bridgehead atoms. The van der Waals surface area contributed by atoms with Crippen LogP contribution < -0.4 is 32.0 Å². The number of quaternary nitrogens is 1. The van der Waals surface area contributed by atoms with Crippen LogP contribution >= 0.6 is 0 Å². The summed E-state index contributed by atoms with van der Waals surface area (Å²) in [6, 6.07) is 28.9. The third kappa shape index (κ3) is 9.04. The molecule has 286 valence electrons. The zero-order chi connectivity index (χ0) is 39.0. The van der Waals surface area contributed by atoms with Crippen LogP contribution in [0.25, 0.3) is 27.9 Å². The van der Waals surface area contributed by atoms with Crippen LogP contribution in [0.5, 0.6) is 0 Å². The smallest absolute Gasteiger partial charge is 0.258 e. The lowest BCUT2D eigenvalue weighted by atomic mass is 10.0. The number of nitrogens with one attached hydrogen (secondary N) is 2. The Labute approximate surface area is 329 Å². The molecule has 0 unspecified atom stereocenters. The average molecular weight is 747 g/mol. The standard InChI is InChI=1S/C46H52N10/c1-30-25-35(54-45-42(27-37(47)32(3)51-45)53-34-17-11-9-12-18-34)21-22-39(30)49-23-15-7-5-6-8-16-24-50-40-29-43-41(26-31(40)2)55-46-44(28-38(48)33(4)52-46)56(43)36-19-13-10-14-20-36/h9-14,17-20,22,25-29,49,53H,5-8,15-16,21,23-24,47H2,1-4H3,(H2,48,50)/p+2/b54-35+. The molecule has 56 heavy (non-hydrogen) atoms. The van der Waals surface area contributed by atoms with E-state index in [1.165, 1.54) is 42.5 Å². The van der Waals surface area contributed by atoms with Crippen molar-refractivity contribution in [1.29, 1.82) is 0 Å². The minimum atomic E-state index is 0.663. The van der Waals surface area contributed by atoms with E-state index in [-0.39, 0.29) is 0 Å². The second-order valence-corrected chi connectivity index (χ2v) is 14.8. The number of nitrogen functional groups attached to an aromatic ring is 2. The Morgan fingerprint density at radius 1 is 0.714 bits per heavy atom. The minimum Gasteiger partial charge on any atom is -0.397 e. The van der Waals surface area contributed by atoms with Crippen molar-refractivity contribution in [3.05, 3.63) is 125 Å². The summed E-state index contributed by atoms with van der Waals surface area (Å²) in [7, 11) is 0. The van der Waals surface area contributed by atoms with Gasteiger partial charge in [-0.15, -0.1) is 4.57 Å². The van der Waals surface area contributed by atoms with E-state index >= 15 is 0 Å². The normalized spacial score (nSPS) is 13.6. The Morgan fingerprint density at radius 2 is 1.38 bits per heavy atom. The third-order valence-corrected chi connectivity index (χ3v) is 10.4. The highest BCUT2D eigenvalue weighted by atomic mass is 15.0. The van der Waals surface area contributed by atoms with Crippen molar-refractivity contribution in [2.24, 2.45) is 4.99 Å². The number of aromatic nitrogens is 4. The molecule has 0 fully saturated rings. The Kier molecular flexibility index (Phi) is 12.0. The largest absolute Gasteiger partial charge is 0.397 e. The molecule has 0 amide bonds. The molecule has 1 aliphatic carbocycles. The van der Waals surface area contributed by atoms with Gasteiger partial charge in [-0.3, -0.25) is 5.32 Å². The second-order valence-electron chi connectivity index (χ2n) is 14.8. The summed E-state index contributed by atoms with van der Waals surface area (Å²) in [5.41, 5.74) is 27.8. The van der Waals surface area contributed by atoms with E-state index in [0.717, 1.165) is 88.8 Å². The van der Waals surface area contributed by atoms with Gasteiger partial charge in [0.15, 0.2) is 5.69 Å². The minimum absolute atomic E-state index is 0.663. The van der Waals surface area contributed by atoms with Gasteiger partial charge in [-0.25, -0.2) is 19.9 Å². The predicted octanol–water partition coefficient (Wildman–Crippen LogP) is 8.42. The van der Waals surface area contributed by atoms with Crippen LogP contribution in [0.2, 0.25) is 0 Å². The molecule has 10 heteroatoms. The molecule has 1 aliphatic rings. The number of aliphatic imine (C=N–C) groups is 1. The van der Waals surface area contributed by atoms with Crippen LogP contribution in [0, 0.1) is 20.8 Å². The number of rotatable bonds is 15. The molecule has 8 N–H and O–H groups in total. The molecule has 0 saturated heterocycles. The van der Waals surface area contributed by atoms with Crippen molar-refractivity contribution in [3.63, 3.8) is 0 Å². The number of allylic oxidation sites excluding steroid dienone is 3. The molecule has 7 rings (SSSR count). The molecule has 0 atom stereocenters. The summed E-state index contributed by atoms with van der Waals surface area (Å²) in [5, 5.41) is 9.47. The second kappa shape index (κ2) is 17.6. The zero-order valence-corrected chi connectivity index (χ0v) is 33.1. The van der Waals surface area contributed by atoms with E-state index in [1.54, 1.807) is 0 Å². The summed E-state index contributed by atoms with van der Waals surface area (Å²) in [6.45, 7) is 10.0. The summed E-state index contributed by atoms with van der Waals surface area (Å²) >= 11 is 0. The monoisotopic (exact) mass is 746 g/mol. The molecule has 0 saturated carbocycles. The number of fused-ring (bicyclic) bond motifs is 2. The van der Waals surface area contributed by atoms with Crippen molar-refractivity contribution >= 4 is 62.2 Å². The number of benzene rings is 3. The highest BCUT2D eigenvalue weighted by Crippen LogP contribution is 2.27. The van der Waals surface area contributed by atoms with Crippen molar-refractivity contribution in [2.75, 3.05) is 29.9 Å². The fraction of sp³-hybridized carbons (Fsp3) is 0.283. The van der Waals surface area contributed by atoms with Crippen LogP contribution in [0.15, 0.2) is 113 Å².